The molecule has 0 aromatic heterocycles. The van der Waals surface area contributed by atoms with E-state index in [2.05, 4.69) is 11.8 Å². The van der Waals surface area contributed by atoms with Crippen LogP contribution >= 0.6 is 0 Å². The largest absolute Gasteiger partial charge is 0.370 e. The lowest BCUT2D eigenvalue weighted by Crippen LogP contribution is -2.19. The molecule has 1 saturated heterocycles. The van der Waals surface area contributed by atoms with Crippen LogP contribution in [0.4, 0.5) is 0 Å². The van der Waals surface area contributed by atoms with E-state index in [4.69, 9.17) is 0 Å². The highest BCUT2D eigenvalue weighted by atomic mass is 16.6. The molecule has 1 heterocycles. The Hall–Kier alpha value is -1.06. The van der Waals surface area contributed by atoms with Gasteiger partial charge in [0.1, 0.15) is 0 Å². The van der Waals surface area contributed by atoms with Crippen molar-refractivity contribution in [2.45, 2.75) is 26.2 Å². The quantitative estimate of drug-likeness (QED) is 0.477. The second-order valence-electron chi connectivity index (χ2n) is 3.00. The van der Waals surface area contributed by atoms with Crippen LogP contribution in [-0.4, -0.2) is 22.9 Å². The summed E-state index contributed by atoms with van der Waals surface area (Å²) in [7, 11) is 0. The van der Waals surface area contributed by atoms with E-state index in [0.717, 1.165) is 44.2 Å². The number of allylic oxidation sites excluding steroid dienone is 1. The van der Waals surface area contributed by atoms with Gasteiger partial charge in [0.15, 0.2) is 0 Å². The van der Waals surface area contributed by atoms with E-state index in [1.165, 1.54) is 0 Å². The lowest BCUT2D eigenvalue weighted by molar-refractivity contribution is -0.404. The molecule has 0 unspecified atom stereocenters. The van der Waals surface area contributed by atoms with Crippen LogP contribution in [0.5, 0.6) is 0 Å². The molecule has 1 fully saturated rings. The number of likely N-dealkylation sites (tertiary alicyclic amines) is 1. The molecule has 4 heteroatoms. The monoisotopic (exact) mass is 170 g/mol. The lowest BCUT2D eigenvalue weighted by Gasteiger charge is -2.16. The van der Waals surface area contributed by atoms with Crippen molar-refractivity contribution < 1.29 is 4.92 Å². The van der Waals surface area contributed by atoms with Gasteiger partial charge in [-0.05, 0) is 19.3 Å². The summed E-state index contributed by atoms with van der Waals surface area (Å²) < 4.78 is 0. The van der Waals surface area contributed by atoms with Gasteiger partial charge in [-0.2, -0.15) is 0 Å². The number of hydrogen-bond acceptors (Lipinski definition) is 3. The summed E-state index contributed by atoms with van der Waals surface area (Å²) in [6.45, 7) is 4.01. The highest BCUT2D eigenvalue weighted by molar-refractivity contribution is 5.01. The summed E-state index contributed by atoms with van der Waals surface area (Å²) in [5.74, 6) is 0. The topological polar surface area (TPSA) is 46.4 Å². The van der Waals surface area contributed by atoms with Gasteiger partial charge >= 0.3 is 0 Å². The first-order valence-electron chi connectivity index (χ1n) is 4.33. The van der Waals surface area contributed by atoms with Crippen molar-refractivity contribution in [2.75, 3.05) is 13.1 Å². The van der Waals surface area contributed by atoms with Gasteiger partial charge in [0.25, 0.3) is 6.20 Å². The highest BCUT2D eigenvalue weighted by Crippen LogP contribution is 2.20. The molecule has 0 spiro atoms. The van der Waals surface area contributed by atoms with Crippen molar-refractivity contribution >= 4 is 0 Å². The molecule has 0 N–H and O–H groups in total. The van der Waals surface area contributed by atoms with Crippen LogP contribution in [0.2, 0.25) is 0 Å². The highest BCUT2D eigenvalue weighted by Gasteiger charge is 2.18. The molecule has 0 amide bonds. The first kappa shape index (κ1) is 9.03. The Bertz CT molecular complexity index is 201. The van der Waals surface area contributed by atoms with Crippen LogP contribution < -0.4 is 0 Å². The molecule has 0 aliphatic carbocycles. The zero-order valence-corrected chi connectivity index (χ0v) is 7.32. The first-order chi connectivity index (χ1) is 5.74. The van der Waals surface area contributed by atoms with E-state index >= 15 is 0 Å². The SMILES string of the molecule is CCCN1CCCC1=C[N+](=O)[O-]. The molecule has 1 rings (SSSR count). The second kappa shape index (κ2) is 4.09. The molecular formula is C8H14N2O2. The molecule has 0 bridgehead atoms. The predicted octanol–water partition coefficient (Wildman–Crippen LogP) is 1.61. The molecule has 0 saturated carbocycles. The minimum absolute atomic E-state index is 0.358. The summed E-state index contributed by atoms with van der Waals surface area (Å²) in [5, 5.41) is 10.2. The maximum atomic E-state index is 10.2. The zero-order chi connectivity index (χ0) is 8.97. The Morgan fingerprint density at radius 1 is 1.75 bits per heavy atom. The normalized spacial score (nSPS) is 20.4. The van der Waals surface area contributed by atoms with Crippen LogP contribution in [0.25, 0.3) is 0 Å². The van der Waals surface area contributed by atoms with Gasteiger partial charge in [-0.25, -0.2) is 0 Å². The Labute approximate surface area is 72.0 Å². The van der Waals surface area contributed by atoms with E-state index in [1.54, 1.807) is 0 Å². The third kappa shape index (κ3) is 2.22. The van der Waals surface area contributed by atoms with Crippen molar-refractivity contribution in [1.82, 2.24) is 4.90 Å². The van der Waals surface area contributed by atoms with Gasteiger partial charge in [-0.15, -0.1) is 0 Å². The smallest absolute Gasteiger partial charge is 0.253 e. The summed E-state index contributed by atoms with van der Waals surface area (Å²) in [5.41, 5.74) is 0.891. The van der Waals surface area contributed by atoms with Crippen molar-refractivity contribution in [2.24, 2.45) is 0 Å². The average molecular weight is 170 g/mol. The second-order valence-corrected chi connectivity index (χ2v) is 3.00. The van der Waals surface area contributed by atoms with E-state index in [1.807, 2.05) is 0 Å². The van der Waals surface area contributed by atoms with E-state index < -0.39 is 0 Å². The van der Waals surface area contributed by atoms with E-state index in [-0.39, 0.29) is 4.92 Å². The number of nitro groups is 1. The standard InChI is InChI=1S/C8H14N2O2/c1-2-5-9-6-3-4-8(9)7-10(11)12/h7H,2-6H2,1H3. The van der Waals surface area contributed by atoms with Gasteiger partial charge in [-0.3, -0.25) is 10.1 Å². The minimum Gasteiger partial charge on any atom is -0.370 e. The molecule has 0 aromatic carbocycles. The number of rotatable bonds is 3. The molecule has 12 heavy (non-hydrogen) atoms. The molecule has 68 valence electrons. The van der Waals surface area contributed by atoms with Crippen LogP contribution in [-0.2, 0) is 0 Å². The third-order valence-electron chi connectivity index (χ3n) is 2.02. The van der Waals surface area contributed by atoms with Crippen molar-refractivity contribution in [1.29, 1.82) is 0 Å². The average Bonchev–Trinajstić information content (AvgIpc) is 2.37. The van der Waals surface area contributed by atoms with Gasteiger partial charge in [0.2, 0.25) is 0 Å². The van der Waals surface area contributed by atoms with Gasteiger partial charge in [0.05, 0.1) is 10.6 Å². The summed E-state index contributed by atoms with van der Waals surface area (Å²) in [6, 6.07) is 0. The molecule has 0 aromatic rings. The fourth-order valence-corrected chi connectivity index (χ4v) is 1.55. The third-order valence-corrected chi connectivity index (χ3v) is 2.02. The molecular weight excluding hydrogens is 156 g/mol. The Morgan fingerprint density at radius 2 is 2.50 bits per heavy atom. The fraction of sp³-hybridized carbons (Fsp3) is 0.750. The first-order valence-corrected chi connectivity index (χ1v) is 4.33. The van der Waals surface area contributed by atoms with Gasteiger partial charge < -0.3 is 4.90 Å². The van der Waals surface area contributed by atoms with Gasteiger partial charge in [0, 0.05) is 13.1 Å². The maximum Gasteiger partial charge on any atom is 0.253 e. The molecule has 1 aliphatic rings. The van der Waals surface area contributed by atoms with Crippen molar-refractivity contribution in [3.05, 3.63) is 22.0 Å². The van der Waals surface area contributed by atoms with Crippen LogP contribution in [0.3, 0.4) is 0 Å². The predicted molar refractivity (Wildman–Crippen MR) is 46.2 cm³/mol. The molecule has 0 atom stereocenters. The Morgan fingerprint density at radius 3 is 3.08 bits per heavy atom. The summed E-state index contributed by atoms with van der Waals surface area (Å²) in [6.07, 6.45) is 4.11. The molecule has 0 radical (unpaired) electrons. The van der Waals surface area contributed by atoms with E-state index in [0.29, 0.717) is 0 Å². The summed E-state index contributed by atoms with van der Waals surface area (Å²) in [4.78, 5) is 11.9. The Balaban J connectivity index is 2.57. The lowest BCUT2D eigenvalue weighted by atomic mass is 10.3. The van der Waals surface area contributed by atoms with Crippen LogP contribution in [0.15, 0.2) is 11.9 Å². The molecule has 4 nitrogen and oxygen atoms in total. The van der Waals surface area contributed by atoms with Crippen molar-refractivity contribution in [3.8, 4) is 0 Å². The molecule has 1 aliphatic heterocycles. The Kier molecular flexibility index (Phi) is 3.08. The summed E-state index contributed by atoms with van der Waals surface area (Å²) >= 11 is 0. The number of nitrogens with zero attached hydrogens (tertiary/aromatic N) is 2. The zero-order valence-electron chi connectivity index (χ0n) is 7.32. The van der Waals surface area contributed by atoms with Gasteiger partial charge in [-0.1, -0.05) is 6.92 Å². The number of hydrogen-bond donors (Lipinski definition) is 0. The van der Waals surface area contributed by atoms with Crippen LogP contribution in [0, 0.1) is 10.1 Å². The van der Waals surface area contributed by atoms with Crippen molar-refractivity contribution in [3.63, 3.8) is 0 Å². The minimum atomic E-state index is -0.358. The van der Waals surface area contributed by atoms with E-state index in [9.17, 15) is 10.1 Å². The van der Waals surface area contributed by atoms with Crippen LogP contribution in [0.1, 0.15) is 26.2 Å². The maximum absolute atomic E-state index is 10.2. The fourth-order valence-electron chi connectivity index (χ4n) is 1.55.